The molecule has 2 aliphatic carbocycles. The fraction of sp³-hybridized carbons (Fsp3) is 1.00. The molecule has 0 radical (unpaired) electrons. The Morgan fingerprint density at radius 1 is 0.941 bits per heavy atom. The second kappa shape index (κ2) is 6.75. The van der Waals surface area contributed by atoms with Crippen LogP contribution in [0.1, 0.15) is 57.8 Å². The third-order valence-electron chi connectivity index (χ3n) is 5.01. The average Bonchev–Trinajstić information content (AvgIpc) is 2.68. The van der Waals surface area contributed by atoms with Crippen molar-refractivity contribution in [1.82, 2.24) is 4.90 Å². The molecule has 2 aliphatic rings. The normalized spacial score (nSPS) is 31.9. The maximum absolute atomic E-state index is 5.89. The van der Waals surface area contributed by atoms with Crippen molar-refractivity contribution < 1.29 is 0 Å². The summed E-state index contributed by atoms with van der Waals surface area (Å²) in [6.07, 6.45) is 12.9. The van der Waals surface area contributed by atoms with E-state index in [0.717, 1.165) is 24.4 Å². The van der Waals surface area contributed by atoms with Crippen LogP contribution in [0.3, 0.4) is 0 Å². The van der Waals surface area contributed by atoms with Crippen LogP contribution in [0.2, 0.25) is 0 Å². The topological polar surface area (TPSA) is 29.3 Å². The van der Waals surface area contributed by atoms with Crippen LogP contribution >= 0.6 is 0 Å². The van der Waals surface area contributed by atoms with Crippen LogP contribution in [-0.2, 0) is 0 Å². The molecule has 0 heterocycles. The first kappa shape index (κ1) is 13.4. The summed E-state index contributed by atoms with van der Waals surface area (Å²) in [5.74, 6) is 1.73. The van der Waals surface area contributed by atoms with E-state index < -0.39 is 0 Å². The van der Waals surface area contributed by atoms with Gasteiger partial charge >= 0.3 is 0 Å². The molecule has 2 N–H and O–H groups in total. The van der Waals surface area contributed by atoms with E-state index in [2.05, 4.69) is 11.9 Å². The molecular weight excluding hydrogens is 208 g/mol. The van der Waals surface area contributed by atoms with E-state index in [9.17, 15) is 0 Å². The summed E-state index contributed by atoms with van der Waals surface area (Å²) in [7, 11) is 2.34. The summed E-state index contributed by atoms with van der Waals surface area (Å²) in [5, 5.41) is 0. The van der Waals surface area contributed by atoms with Crippen molar-refractivity contribution in [3.63, 3.8) is 0 Å². The van der Waals surface area contributed by atoms with Crippen LogP contribution in [0.5, 0.6) is 0 Å². The predicted octanol–water partition coefficient (Wildman–Crippen LogP) is 3.02. The van der Waals surface area contributed by atoms with E-state index >= 15 is 0 Å². The van der Waals surface area contributed by atoms with E-state index in [1.807, 2.05) is 0 Å². The van der Waals surface area contributed by atoms with Gasteiger partial charge in [-0.05, 0) is 51.1 Å². The molecule has 100 valence electrons. The first-order chi connectivity index (χ1) is 8.31. The van der Waals surface area contributed by atoms with Gasteiger partial charge in [0.1, 0.15) is 0 Å². The lowest BCUT2D eigenvalue weighted by Crippen LogP contribution is -2.40. The molecule has 0 aromatic heterocycles. The minimum absolute atomic E-state index is 0.769. The summed E-state index contributed by atoms with van der Waals surface area (Å²) >= 11 is 0. The fourth-order valence-corrected chi connectivity index (χ4v) is 3.96. The molecule has 2 atom stereocenters. The van der Waals surface area contributed by atoms with Crippen LogP contribution < -0.4 is 5.73 Å². The molecule has 2 heteroatoms. The molecule has 2 fully saturated rings. The molecule has 0 saturated heterocycles. The average molecular weight is 238 g/mol. The Morgan fingerprint density at radius 2 is 1.65 bits per heavy atom. The van der Waals surface area contributed by atoms with Crippen molar-refractivity contribution in [3.8, 4) is 0 Å². The maximum Gasteiger partial charge on any atom is 0.0133 e. The van der Waals surface area contributed by atoms with Gasteiger partial charge < -0.3 is 10.6 Å². The van der Waals surface area contributed by atoms with Gasteiger partial charge in [-0.2, -0.15) is 0 Å². The van der Waals surface area contributed by atoms with Crippen molar-refractivity contribution >= 4 is 0 Å². The summed E-state index contributed by atoms with van der Waals surface area (Å²) in [5.41, 5.74) is 5.89. The van der Waals surface area contributed by atoms with E-state index in [1.54, 1.807) is 0 Å². The van der Waals surface area contributed by atoms with Crippen LogP contribution in [0.15, 0.2) is 0 Å². The highest BCUT2D eigenvalue weighted by Gasteiger charge is 2.30. The molecule has 2 nitrogen and oxygen atoms in total. The van der Waals surface area contributed by atoms with Crippen molar-refractivity contribution in [2.45, 2.75) is 63.8 Å². The number of hydrogen-bond acceptors (Lipinski definition) is 2. The highest BCUT2D eigenvalue weighted by molar-refractivity contribution is 4.85. The quantitative estimate of drug-likeness (QED) is 0.763. The van der Waals surface area contributed by atoms with Crippen molar-refractivity contribution in [2.24, 2.45) is 17.6 Å². The van der Waals surface area contributed by atoms with Crippen LogP contribution in [-0.4, -0.2) is 31.1 Å². The minimum Gasteiger partial charge on any atom is -0.330 e. The minimum atomic E-state index is 0.769. The van der Waals surface area contributed by atoms with Gasteiger partial charge in [-0.25, -0.2) is 0 Å². The van der Waals surface area contributed by atoms with Gasteiger partial charge in [0.25, 0.3) is 0 Å². The lowest BCUT2D eigenvalue weighted by molar-refractivity contribution is 0.166. The van der Waals surface area contributed by atoms with E-state index in [4.69, 9.17) is 5.73 Å². The van der Waals surface area contributed by atoms with E-state index in [-0.39, 0.29) is 0 Å². The fourth-order valence-electron chi connectivity index (χ4n) is 3.96. The van der Waals surface area contributed by atoms with Gasteiger partial charge in [-0.1, -0.05) is 32.1 Å². The molecule has 0 aliphatic heterocycles. The maximum atomic E-state index is 5.89. The van der Waals surface area contributed by atoms with Crippen molar-refractivity contribution in [2.75, 3.05) is 20.1 Å². The Kier molecular flexibility index (Phi) is 5.30. The Labute approximate surface area is 107 Å². The molecule has 2 rings (SSSR count). The van der Waals surface area contributed by atoms with E-state index in [1.165, 1.54) is 64.3 Å². The van der Waals surface area contributed by atoms with Gasteiger partial charge in [0.2, 0.25) is 0 Å². The zero-order chi connectivity index (χ0) is 12.1. The van der Waals surface area contributed by atoms with Gasteiger partial charge in [-0.15, -0.1) is 0 Å². The molecule has 17 heavy (non-hydrogen) atoms. The zero-order valence-corrected chi connectivity index (χ0v) is 11.5. The first-order valence-electron chi connectivity index (χ1n) is 7.71. The number of nitrogens with zero attached hydrogens (tertiary/aromatic N) is 1. The van der Waals surface area contributed by atoms with Crippen molar-refractivity contribution in [1.29, 1.82) is 0 Å². The molecule has 0 bridgehead atoms. The van der Waals surface area contributed by atoms with Gasteiger partial charge in [0.15, 0.2) is 0 Å². The second-order valence-corrected chi connectivity index (χ2v) is 6.29. The smallest absolute Gasteiger partial charge is 0.0133 e. The lowest BCUT2D eigenvalue weighted by Gasteiger charge is -2.32. The van der Waals surface area contributed by atoms with Crippen LogP contribution in [0, 0.1) is 11.8 Å². The number of nitrogens with two attached hydrogens (primary N) is 1. The molecule has 0 amide bonds. The molecule has 0 spiro atoms. The second-order valence-electron chi connectivity index (χ2n) is 6.29. The third-order valence-corrected chi connectivity index (χ3v) is 5.01. The van der Waals surface area contributed by atoms with Crippen LogP contribution in [0.25, 0.3) is 0 Å². The zero-order valence-electron chi connectivity index (χ0n) is 11.5. The summed E-state index contributed by atoms with van der Waals surface area (Å²) < 4.78 is 0. The molecule has 0 aromatic carbocycles. The largest absolute Gasteiger partial charge is 0.330 e. The molecule has 2 unspecified atom stereocenters. The Hall–Kier alpha value is -0.0800. The first-order valence-corrected chi connectivity index (χ1v) is 7.71. The SMILES string of the molecule is CN(CC1CCCCCC1)C1CCCC1CN. The Balaban J connectivity index is 1.80. The van der Waals surface area contributed by atoms with Crippen LogP contribution in [0.4, 0.5) is 0 Å². The molecule has 2 saturated carbocycles. The number of hydrogen-bond donors (Lipinski definition) is 1. The highest BCUT2D eigenvalue weighted by atomic mass is 15.1. The summed E-state index contributed by atoms with van der Waals surface area (Å²) in [6, 6.07) is 0.781. The molecular formula is C15H30N2. The van der Waals surface area contributed by atoms with Gasteiger partial charge in [0, 0.05) is 12.6 Å². The predicted molar refractivity (Wildman–Crippen MR) is 74.0 cm³/mol. The number of rotatable bonds is 4. The molecule has 0 aromatic rings. The Bertz CT molecular complexity index is 209. The highest BCUT2D eigenvalue weighted by Crippen LogP contribution is 2.30. The summed E-state index contributed by atoms with van der Waals surface area (Å²) in [4.78, 5) is 2.64. The lowest BCUT2D eigenvalue weighted by atomic mass is 9.97. The standard InChI is InChI=1S/C15H30N2/c1-17(15-10-6-9-14(15)11-16)12-13-7-4-2-3-5-8-13/h13-15H,2-12,16H2,1H3. The third kappa shape index (κ3) is 3.69. The Morgan fingerprint density at radius 3 is 2.29 bits per heavy atom. The van der Waals surface area contributed by atoms with Crippen molar-refractivity contribution in [3.05, 3.63) is 0 Å². The van der Waals surface area contributed by atoms with Gasteiger partial charge in [0.05, 0.1) is 0 Å². The monoisotopic (exact) mass is 238 g/mol. The van der Waals surface area contributed by atoms with E-state index in [0.29, 0.717) is 0 Å². The summed E-state index contributed by atoms with van der Waals surface area (Å²) in [6.45, 7) is 2.21. The van der Waals surface area contributed by atoms with Gasteiger partial charge in [-0.3, -0.25) is 0 Å².